The predicted molar refractivity (Wildman–Crippen MR) is 74.1 cm³/mol. The molecule has 1 aromatic heterocycles. The summed E-state index contributed by atoms with van der Waals surface area (Å²) >= 11 is 3.06. The summed E-state index contributed by atoms with van der Waals surface area (Å²) in [5, 5.41) is 8.95. The summed E-state index contributed by atoms with van der Waals surface area (Å²) in [4.78, 5) is 0.0452. The third kappa shape index (κ3) is 3.39. The van der Waals surface area contributed by atoms with Gasteiger partial charge >= 0.3 is 0 Å². The molecule has 0 unspecified atom stereocenters. The van der Waals surface area contributed by atoms with Gasteiger partial charge in [-0.1, -0.05) is 13.3 Å². The van der Waals surface area contributed by atoms with Crippen LogP contribution >= 0.6 is 15.9 Å². The van der Waals surface area contributed by atoms with Crippen LogP contribution in [0.2, 0.25) is 0 Å². The van der Waals surface area contributed by atoms with Crippen LogP contribution in [0.25, 0.3) is 0 Å². The molecular formula is C12H18BrNO4S. The molecule has 0 amide bonds. The number of hydrogen-bond acceptors (Lipinski definition) is 4. The molecule has 2 rings (SSSR count). The molecule has 0 bridgehead atoms. The van der Waals surface area contributed by atoms with Crippen molar-refractivity contribution in [1.29, 1.82) is 0 Å². The molecule has 7 heteroatoms. The molecule has 1 heterocycles. The molecule has 2 N–H and O–H groups in total. The average molecular weight is 352 g/mol. The molecule has 1 aliphatic carbocycles. The van der Waals surface area contributed by atoms with Crippen LogP contribution in [0.1, 0.15) is 38.4 Å². The molecule has 0 spiro atoms. The molecule has 0 aliphatic heterocycles. The maximum atomic E-state index is 12.2. The molecule has 108 valence electrons. The van der Waals surface area contributed by atoms with Crippen molar-refractivity contribution in [3.63, 3.8) is 0 Å². The van der Waals surface area contributed by atoms with Gasteiger partial charge in [0.2, 0.25) is 10.0 Å². The Hall–Kier alpha value is -0.370. The highest BCUT2D eigenvalue weighted by Crippen LogP contribution is 2.49. The van der Waals surface area contributed by atoms with Gasteiger partial charge in [-0.15, -0.1) is 0 Å². The van der Waals surface area contributed by atoms with Crippen LogP contribution in [0.4, 0.5) is 0 Å². The second-order valence-corrected chi connectivity index (χ2v) is 7.54. The molecule has 0 saturated heterocycles. The van der Waals surface area contributed by atoms with Gasteiger partial charge in [0.15, 0.2) is 4.67 Å². The topological polar surface area (TPSA) is 79.5 Å². The highest BCUT2D eigenvalue weighted by molar-refractivity contribution is 9.10. The van der Waals surface area contributed by atoms with Crippen LogP contribution < -0.4 is 4.72 Å². The van der Waals surface area contributed by atoms with E-state index in [1.54, 1.807) is 0 Å². The van der Waals surface area contributed by atoms with E-state index in [1.165, 1.54) is 6.07 Å². The monoisotopic (exact) mass is 351 g/mol. The standard InChI is InChI=1S/C12H18BrNO4S/c1-2-3-12(4-5-12)8-14-19(16,17)10-6-9(7-15)18-11(10)13/h6,14-15H,2-5,7-8H2,1H3. The van der Waals surface area contributed by atoms with Gasteiger partial charge in [-0.2, -0.15) is 0 Å². The van der Waals surface area contributed by atoms with Crippen LogP contribution in [0.15, 0.2) is 20.0 Å². The van der Waals surface area contributed by atoms with E-state index in [2.05, 4.69) is 27.6 Å². The summed E-state index contributed by atoms with van der Waals surface area (Å²) in [5.74, 6) is 0.224. The second kappa shape index (κ2) is 5.55. The molecule has 0 radical (unpaired) electrons. The molecular weight excluding hydrogens is 334 g/mol. The van der Waals surface area contributed by atoms with Crippen molar-refractivity contribution in [3.05, 3.63) is 16.5 Å². The summed E-state index contributed by atoms with van der Waals surface area (Å²) < 4.78 is 32.2. The first-order chi connectivity index (χ1) is 8.92. The maximum absolute atomic E-state index is 12.2. The number of nitrogens with one attached hydrogen (secondary N) is 1. The van der Waals surface area contributed by atoms with Gasteiger partial charge in [0.05, 0.1) is 0 Å². The zero-order chi connectivity index (χ0) is 14.1. The normalized spacial score (nSPS) is 17.6. The second-order valence-electron chi connectivity index (χ2n) is 5.08. The molecule has 1 aliphatic rings. The first-order valence-corrected chi connectivity index (χ1v) is 8.59. The Kier molecular flexibility index (Phi) is 4.39. The number of aliphatic hydroxyl groups is 1. The predicted octanol–water partition coefficient (Wildman–Crippen LogP) is 2.39. The maximum Gasteiger partial charge on any atom is 0.244 e. The highest BCUT2D eigenvalue weighted by atomic mass is 79.9. The Morgan fingerprint density at radius 3 is 2.68 bits per heavy atom. The van der Waals surface area contributed by atoms with Gasteiger partial charge in [-0.25, -0.2) is 13.1 Å². The fraction of sp³-hybridized carbons (Fsp3) is 0.667. The van der Waals surface area contributed by atoms with Gasteiger partial charge in [-0.3, -0.25) is 0 Å². The molecule has 1 saturated carbocycles. The minimum absolute atomic E-state index is 0.0452. The summed E-state index contributed by atoms with van der Waals surface area (Å²) in [6.45, 7) is 2.25. The number of sulfonamides is 1. The Morgan fingerprint density at radius 2 is 2.21 bits per heavy atom. The van der Waals surface area contributed by atoms with Gasteiger partial charge in [0, 0.05) is 12.6 Å². The Bertz CT molecular complexity index is 548. The van der Waals surface area contributed by atoms with Crippen molar-refractivity contribution < 1.29 is 17.9 Å². The fourth-order valence-electron chi connectivity index (χ4n) is 2.21. The van der Waals surface area contributed by atoms with E-state index in [9.17, 15) is 8.42 Å². The average Bonchev–Trinajstić information content (AvgIpc) is 3.01. The van der Waals surface area contributed by atoms with E-state index in [-0.39, 0.29) is 27.3 Å². The van der Waals surface area contributed by atoms with Crippen molar-refractivity contribution in [2.24, 2.45) is 5.41 Å². The summed E-state index contributed by atoms with van der Waals surface area (Å²) in [6.07, 6.45) is 4.27. The molecule has 5 nitrogen and oxygen atoms in total. The summed E-state index contributed by atoms with van der Waals surface area (Å²) in [6, 6.07) is 1.34. The first-order valence-electron chi connectivity index (χ1n) is 6.31. The summed E-state index contributed by atoms with van der Waals surface area (Å²) in [7, 11) is -3.59. The van der Waals surface area contributed by atoms with E-state index < -0.39 is 10.0 Å². The van der Waals surface area contributed by atoms with E-state index in [0.29, 0.717) is 6.54 Å². The number of furan rings is 1. The third-order valence-corrected chi connectivity index (χ3v) is 5.78. The molecule has 1 fully saturated rings. The summed E-state index contributed by atoms with van der Waals surface area (Å²) in [5.41, 5.74) is 0.151. The third-order valence-electron chi connectivity index (χ3n) is 3.53. The number of halogens is 1. The van der Waals surface area contributed by atoms with Crippen molar-refractivity contribution >= 4 is 26.0 Å². The molecule has 19 heavy (non-hydrogen) atoms. The molecule has 1 aromatic rings. The van der Waals surface area contributed by atoms with Gasteiger partial charge in [0.25, 0.3) is 0 Å². The van der Waals surface area contributed by atoms with E-state index in [0.717, 1.165) is 25.7 Å². The van der Waals surface area contributed by atoms with Crippen LogP contribution in [0.3, 0.4) is 0 Å². The van der Waals surface area contributed by atoms with Crippen molar-refractivity contribution in [2.45, 2.75) is 44.1 Å². The number of aliphatic hydroxyl groups excluding tert-OH is 1. The number of rotatable bonds is 7. The van der Waals surface area contributed by atoms with Gasteiger partial charge in [0.1, 0.15) is 17.3 Å². The van der Waals surface area contributed by atoms with E-state index in [4.69, 9.17) is 9.52 Å². The van der Waals surface area contributed by atoms with Gasteiger partial charge in [-0.05, 0) is 40.6 Å². The zero-order valence-corrected chi connectivity index (χ0v) is 13.2. The molecule has 0 atom stereocenters. The number of hydrogen-bond donors (Lipinski definition) is 2. The zero-order valence-electron chi connectivity index (χ0n) is 10.8. The smallest absolute Gasteiger partial charge is 0.244 e. The lowest BCUT2D eigenvalue weighted by Gasteiger charge is -2.14. The van der Waals surface area contributed by atoms with Crippen LogP contribution in [0.5, 0.6) is 0 Å². The van der Waals surface area contributed by atoms with Crippen molar-refractivity contribution in [1.82, 2.24) is 4.72 Å². The van der Waals surface area contributed by atoms with Crippen LogP contribution in [-0.2, 0) is 16.6 Å². The van der Waals surface area contributed by atoms with Crippen LogP contribution in [0, 0.1) is 5.41 Å². The van der Waals surface area contributed by atoms with Crippen LogP contribution in [-0.4, -0.2) is 20.1 Å². The van der Waals surface area contributed by atoms with E-state index in [1.807, 2.05) is 0 Å². The fourth-order valence-corrected chi connectivity index (χ4v) is 4.36. The van der Waals surface area contributed by atoms with Crippen molar-refractivity contribution in [3.8, 4) is 0 Å². The minimum Gasteiger partial charge on any atom is -0.450 e. The quantitative estimate of drug-likeness (QED) is 0.790. The highest BCUT2D eigenvalue weighted by Gasteiger charge is 2.42. The lowest BCUT2D eigenvalue weighted by atomic mass is 10.0. The minimum atomic E-state index is -3.59. The van der Waals surface area contributed by atoms with Gasteiger partial charge < -0.3 is 9.52 Å². The Morgan fingerprint density at radius 1 is 1.53 bits per heavy atom. The van der Waals surface area contributed by atoms with E-state index >= 15 is 0 Å². The Balaban J connectivity index is 2.08. The largest absolute Gasteiger partial charge is 0.450 e. The molecule has 0 aromatic carbocycles. The Labute approximate surface area is 121 Å². The van der Waals surface area contributed by atoms with Crippen molar-refractivity contribution in [2.75, 3.05) is 6.54 Å². The first kappa shape index (κ1) is 15.0. The SMILES string of the molecule is CCCC1(CNS(=O)(=O)c2cc(CO)oc2Br)CC1. The lowest BCUT2D eigenvalue weighted by Crippen LogP contribution is -2.30. The lowest BCUT2D eigenvalue weighted by molar-refractivity contribution is 0.245.